The van der Waals surface area contributed by atoms with Crippen molar-refractivity contribution in [2.75, 3.05) is 0 Å². The maximum Gasteiger partial charge on any atom is 0.352 e. The number of aromatic carboxylic acids is 1. The average molecular weight is 283 g/mol. The van der Waals surface area contributed by atoms with Crippen molar-refractivity contribution in [3.05, 3.63) is 47.4 Å². The molecule has 0 amide bonds. The number of halogens is 3. The van der Waals surface area contributed by atoms with Gasteiger partial charge in [-0.05, 0) is 24.6 Å². The zero-order valence-corrected chi connectivity index (χ0v) is 10.7. The van der Waals surface area contributed by atoms with Crippen molar-refractivity contribution in [3.8, 4) is 11.3 Å². The van der Waals surface area contributed by atoms with E-state index < -0.39 is 23.4 Å². The van der Waals surface area contributed by atoms with Crippen molar-refractivity contribution in [2.24, 2.45) is 0 Å². The summed E-state index contributed by atoms with van der Waals surface area (Å²) in [5.74, 6) is -4.60. The normalized spacial score (nSPS) is 10.8. The minimum Gasteiger partial charge on any atom is -0.477 e. The predicted molar refractivity (Wildman–Crippen MR) is 67.0 cm³/mol. The molecular formula is C14H12F3NO2. The molecule has 2 rings (SSSR count). The minimum absolute atomic E-state index is 0.0501. The van der Waals surface area contributed by atoms with Crippen LogP contribution in [0.15, 0.2) is 24.3 Å². The van der Waals surface area contributed by atoms with Crippen molar-refractivity contribution < 1.29 is 23.1 Å². The molecule has 1 N–H and O–H groups in total. The van der Waals surface area contributed by atoms with Crippen LogP contribution in [0.2, 0.25) is 0 Å². The highest BCUT2D eigenvalue weighted by Gasteiger charge is 2.19. The fourth-order valence-electron chi connectivity index (χ4n) is 2.10. The van der Waals surface area contributed by atoms with Crippen LogP contribution in [0, 0.1) is 17.5 Å². The Kier molecular flexibility index (Phi) is 3.83. The fraction of sp³-hybridized carbons (Fsp3) is 0.214. The Morgan fingerprint density at radius 1 is 1.25 bits per heavy atom. The SMILES string of the molecule is CCCn1c(C(=O)O)ccc1-c1cc(F)cc(F)c1F. The third-order valence-electron chi connectivity index (χ3n) is 2.92. The summed E-state index contributed by atoms with van der Waals surface area (Å²) in [4.78, 5) is 11.1. The molecule has 0 saturated carbocycles. The molecular weight excluding hydrogens is 271 g/mol. The van der Waals surface area contributed by atoms with Gasteiger partial charge < -0.3 is 9.67 Å². The summed E-state index contributed by atoms with van der Waals surface area (Å²) in [5.41, 5.74) is -0.200. The molecule has 20 heavy (non-hydrogen) atoms. The maximum absolute atomic E-state index is 13.8. The first kappa shape index (κ1) is 14.2. The Balaban J connectivity index is 2.67. The van der Waals surface area contributed by atoms with Crippen LogP contribution in [-0.2, 0) is 6.54 Å². The van der Waals surface area contributed by atoms with E-state index in [1.165, 1.54) is 16.7 Å². The van der Waals surface area contributed by atoms with E-state index in [9.17, 15) is 18.0 Å². The number of benzene rings is 1. The van der Waals surface area contributed by atoms with Gasteiger partial charge in [-0.25, -0.2) is 18.0 Å². The van der Waals surface area contributed by atoms with Crippen molar-refractivity contribution >= 4 is 5.97 Å². The second kappa shape index (κ2) is 5.40. The smallest absolute Gasteiger partial charge is 0.352 e. The van der Waals surface area contributed by atoms with E-state index >= 15 is 0 Å². The lowest BCUT2D eigenvalue weighted by molar-refractivity contribution is 0.0685. The lowest BCUT2D eigenvalue weighted by Crippen LogP contribution is -2.10. The van der Waals surface area contributed by atoms with Gasteiger partial charge >= 0.3 is 5.97 Å². The highest BCUT2D eigenvalue weighted by Crippen LogP contribution is 2.28. The molecule has 1 aromatic heterocycles. The summed E-state index contributed by atoms with van der Waals surface area (Å²) in [7, 11) is 0. The quantitative estimate of drug-likeness (QED) is 0.870. The van der Waals surface area contributed by atoms with Crippen LogP contribution in [0.5, 0.6) is 0 Å². The Labute approximate surface area is 113 Å². The van der Waals surface area contributed by atoms with Gasteiger partial charge in [0, 0.05) is 18.2 Å². The first-order valence-electron chi connectivity index (χ1n) is 6.03. The van der Waals surface area contributed by atoms with Gasteiger partial charge in [-0.3, -0.25) is 0 Å². The highest BCUT2D eigenvalue weighted by atomic mass is 19.2. The molecule has 0 saturated heterocycles. The minimum atomic E-state index is -1.30. The summed E-state index contributed by atoms with van der Waals surface area (Å²) in [6.45, 7) is 2.12. The van der Waals surface area contributed by atoms with Crippen molar-refractivity contribution in [3.63, 3.8) is 0 Å². The van der Waals surface area contributed by atoms with E-state index in [0.717, 1.165) is 6.07 Å². The molecule has 0 aliphatic carbocycles. The number of nitrogens with zero attached hydrogens (tertiary/aromatic N) is 1. The van der Waals surface area contributed by atoms with Crippen LogP contribution < -0.4 is 0 Å². The number of hydrogen-bond donors (Lipinski definition) is 1. The lowest BCUT2D eigenvalue weighted by Gasteiger charge is -2.11. The zero-order chi connectivity index (χ0) is 14.9. The summed E-state index contributed by atoms with van der Waals surface area (Å²) in [6.07, 6.45) is 0.599. The summed E-state index contributed by atoms with van der Waals surface area (Å²) >= 11 is 0. The van der Waals surface area contributed by atoms with Gasteiger partial charge in [0.15, 0.2) is 11.6 Å². The van der Waals surface area contributed by atoms with E-state index in [4.69, 9.17) is 5.11 Å². The molecule has 0 aliphatic rings. The molecule has 1 aromatic carbocycles. The summed E-state index contributed by atoms with van der Waals surface area (Å²) in [5, 5.41) is 9.07. The van der Waals surface area contributed by atoms with Gasteiger partial charge in [0.25, 0.3) is 0 Å². The first-order chi connectivity index (χ1) is 9.45. The molecule has 106 valence electrons. The van der Waals surface area contributed by atoms with Crippen LogP contribution in [-0.4, -0.2) is 15.6 Å². The first-order valence-corrected chi connectivity index (χ1v) is 6.03. The lowest BCUT2D eigenvalue weighted by atomic mass is 10.1. The molecule has 6 heteroatoms. The molecule has 0 bridgehead atoms. The van der Waals surface area contributed by atoms with Gasteiger partial charge in [-0.1, -0.05) is 6.92 Å². The highest BCUT2D eigenvalue weighted by molar-refractivity contribution is 5.87. The average Bonchev–Trinajstić information content (AvgIpc) is 2.78. The molecule has 0 atom stereocenters. The fourth-order valence-corrected chi connectivity index (χ4v) is 2.10. The second-order valence-corrected chi connectivity index (χ2v) is 4.31. The third-order valence-corrected chi connectivity index (χ3v) is 2.92. The Morgan fingerprint density at radius 3 is 2.55 bits per heavy atom. The largest absolute Gasteiger partial charge is 0.477 e. The molecule has 0 aliphatic heterocycles. The van der Waals surface area contributed by atoms with E-state index in [2.05, 4.69) is 0 Å². The molecule has 0 radical (unpaired) electrons. The Bertz CT molecular complexity index is 665. The molecule has 3 nitrogen and oxygen atoms in total. The van der Waals surface area contributed by atoms with Gasteiger partial charge in [0.2, 0.25) is 0 Å². The predicted octanol–water partition coefficient (Wildman–Crippen LogP) is 3.68. The summed E-state index contributed by atoms with van der Waals surface area (Å²) < 4.78 is 41.6. The number of carboxylic acids is 1. The second-order valence-electron chi connectivity index (χ2n) is 4.31. The van der Waals surface area contributed by atoms with E-state index in [1.54, 1.807) is 0 Å². The molecule has 1 heterocycles. The Hall–Kier alpha value is -2.24. The number of carboxylic acid groups (broad SMARTS) is 1. The van der Waals surface area contributed by atoms with Crippen molar-refractivity contribution in [1.29, 1.82) is 0 Å². The molecule has 0 unspecified atom stereocenters. The standard InChI is InChI=1S/C14H12F3NO2/c1-2-5-18-11(3-4-12(18)14(19)20)9-6-8(15)7-10(16)13(9)17/h3-4,6-7H,2,5H2,1H3,(H,19,20). The molecule has 0 fully saturated rings. The molecule has 0 spiro atoms. The zero-order valence-electron chi connectivity index (χ0n) is 10.7. The van der Waals surface area contributed by atoms with E-state index in [-0.39, 0.29) is 17.0 Å². The van der Waals surface area contributed by atoms with Gasteiger partial charge in [-0.15, -0.1) is 0 Å². The summed E-state index contributed by atoms with van der Waals surface area (Å²) in [6, 6.07) is 3.93. The van der Waals surface area contributed by atoms with Crippen LogP contribution in [0.25, 0.3) is 11.3 Å². The monoisotopic (exact) mass is 283 g/mol. The van der Waals surface area contributed by atoms with Gasteiger partial charge in [0.05, 0.1) is 5.69 Å². The van der Waals surface area contributed by atoms with Crippen LogP contribution in [0.4, 0.5) is 13.2 Å². The van der Waals surface area contributed by atoms with Crippen molar-refractivity contribution in [2.45, 2.75) is 19.9 Å². The number of carbonyl (C=O) groups is 1. The van der Waals surface area contributed by atoms with Gasteiger partial charge in [-0.2, -0.15) is 0 Å². The van der Waals surface area contributed by atoms with Crippen LogP contribution >= 0.6 is 0 Å². The molecule has 2 aromatic rings. The topological polar surface area (TPSA) is 42.2 Å². The number of rotatable bonds is 4. The van der Waals surface area contributed by atoms with E-state index in [0.29, 0.717) is 19.0 Å². The third kappa shape index (κ3) is 2.41. The number of aromatic nitrogens is 1. The van der Waals surface area contributed by atoms with Crippen molar-refractivity contribution in [1.82, 2.24) is 4.57 Å². The van der Waals surface area contributed by atoms with E-state index in [1.807, 2.05) is 6.92 Å². The van der Waals surface area contributed by atoms with Gasteiger partial charge in [0.1, 0.15) is 11.5 Å². The Morgan fingerprint density at radius 2 is 1.95 bits per heavy atom. The number of hydrogen-bond acceptors (Lipinski definition) is 1. The maximum atomic E-state index is 13.8. The van der Waals surface area contributed by atoms with Crippen LogP contribution in [0.3, 0.4) is 0 Å². The van der Waals surface area contributed by atoms with Crippen LogP contribution in [0.1, 0.15) is 23.8 Å².